The van der Waals surface area contributed by atoms with Gasteiger partial charge < -0.3 is 14.8 Å². The van der Waals surface area contributed by atoms with E-state index in [4.69, 9.17) is 9.47 Å². The van der Waals surface area contributed by atoms with Crippen molar-refractivity contribution in [2.75, 3.05) is 11.9 Å². The fraction of sp³-hybridized carbons (Fsp3) is 0.250. The zero-order valence-electron chi connectivity index (χ0n) is 17.3. The number of para-hydroxylation sites is 1. The Morgan fingerprint density at radius 1 is 1.09 bits per heavy atom. The molecule has 1 aliphatic rings. The van der Waals surface area contributed by atoms with Crippen molar-refractivity contribution in [3.8, 4) is 17.7 Å². The minimum atomic E-state index is -0.721. The van der Waals surface area contributed by atoms with Crippen LogP contribution >= 0.6 is 11.3 Å². The van der Waals surface area contributed by atoms with Crippen LogP contribution in [0.4, 0.5) is 5.00 Å². The molecule has 0 aliphatic heterocycles. The second-order valence-electron chi connectivity index (χ2n) is 7.28. The van der Waals surface area contributed by atoms with Crippen LogP contribution in [-0.4, -0.2) is 23.5 Å². The number of nitrogens with one attached hydrogen (secondary N) is 1. The highest BCUT2D eigenvalue weighted by Gasteiger charge is 2.22. The van der Waals surface area contributed by atoms with E-state index in [0.29, 0.717) is 16.3 Å². The van der Waals surface area contributed by atoms with Crippen molar-refractivity contribution < 1.29 is 19.1 Å². The standard InChI is InChI=1S/C24H21N3O4S/c25-14-19-17-10-5-2-6-12-20(17)32-23(19)27-21(28)15-30-24(29)18-11-7-13-26-22(18)31-16-8-3-1-4-9-16/h1,3-4,7-9,11,13H,2,5-6,10,12,15H2,(H,27,28). The molecule has 1 amide bonds. The summed E-state index contributed by atoms with van der Waals surface area (Å²) in [6.07, 6.45) is 6.56. The van der Waals surface area contributed by atoms with Gasteiger partial charge in [-0.2, -0.15) is 5.26 Å². The van der Waals surface area contributed by atoms with Gasteiger partial charge in [0, 0.05) is 11.1 Å². The molecule has 32 heavy (non-hydrogen) atoms. The molecule has 4 rings (SSSR count). The Labute approximate surface area is 189 Å². The van der Waals surface area contributed by atoms with Crippen LogP contribution in [0.25, 0.3) is 0 Å². The number of fused-ring (bicyclic) bond motifs is 1. The van der Waals surface area contributed by atoms with Crippen molar-refractivity contribution in [2.45, 2.75) is 32.1 Å². The van der Waals surface area contributed by atoms with E-state index in [0.717, 1.165) is 42.5 Å². The number of carbonyl (C=O) groups excluding carboxylic acids is 2. The number of rotatable bonds is 6. The summed E-state index contributed by atoms with van der Waals surface area (Å²) in [5, 5.41) is 12.8. The van der Waals surface area contributed by atoms with Crippen molar-refractivity contribution in [3.63, 3.8) is 0 Å². The molecule has 0 bridgehead atoms. The Kier molecular flexibility index (Phi) is 6.78. The molecule has 1 aromatic carbocycles. The lowest BCUT2D eigenvalue weighted by molar-refractivity contribution is -0.119. The first-order valence-electron chi connectivity index (χ1n) is 10.3. The molecule has 8 heteroatoms. The molecule has 0 atom stereocenters. The van der Waals surface area contributed by atoms with Gasteiger partial charge in [-0.05, 0) is 55.5 Å². The maximum atomic E-state index is 12.6. The van der Waals surface area contributed by atoms with Crippen molar-refractivity contribution in [1.82, 2.24) is 4.98 Å². The first-order chi connectivity index (χ1) is 15.7. The van der Waals surface area contributed by atoms with Gasteiger partial charge in [0.15, 0.2) is 6.61 Å². The quantitative estimate of drug-likeness (QED) is 0.427. The summed E-state index contributed by atoms with van der Waals surface area (Å²) < 4.78 is 10.9. The summed E-state index contributed by atoms with van der Waals surface area (Å²) in [6, 6.07) is 14.3. The third-order valence-electron chi connectivity index (χ3n) is 5.07. The molecule has 7 nitrogen and oxygen atoms in total. The van der Waals surface area contributed by atoms with Crippen LogP contribution in [0, 0.1) is 11.3 Å². The second kappa shape index (κ2) is 10.1. The monoisotopic (exact) mass is 447 g/mol. The van der Waals surface area contributed by atoms with Crippen molar-refractivity contribution in [3.05, 3.63) is 70.2 Å². The molecular weight excluding hydrogens is 426 g/mol. The number of nitriles is 1. The molecule has 0 unspecified atom stereocenters. The van der Waals surface area contributed by atoms with Gasteiger partial charge in [0.25, 0.3) is 5.91 Å². The number of thiophene rings is 1. The van der Waals surface area contributed by atoms with Crippen molar-refractivity contribution in [2.24, 2.45) is 0 Å². The minimum absolute atomic E-state index is 0.0953. The molecule has 1 aliphatic carbocycles. The van der Waals surface area contributed by atoms with E-state index in [2.05, 4.69) is 16.4 Å². The van der Waals surface area contributed by atoms with Crippen LogP contribution in [0.3, 0.4) is 0 Å². The Hall–Kier alpha value is -3.70. The predicted molar refractivity (Wildman–Crippen MR) is 120 cm³/mol. The number of esters is 1. The smallest absolute Gasteiger partial charge is 0.344 e. The first-order valence-corrected chi connectivity index (χ1v) is 11.2. The van der Waals surface area contributed by atoms with Gasteiger partial charge in [-0.3, -0.25) is 4.79 Å². The third-order valence-corrected chi connectivity index (χ3v) is 6.28. The van der Waals surface area contributed by atoms with Crippen LogP contribution in [0.2, 0.25) is 0 Å². The van der Waals surface area contributed by atoms with Crippen molar-refractivity contribution in [1.29, 1.82) is 5.26 Å². The van der Waals surface area contributed by atoms with E-state index in [1.807, 2.05) is 6.07 Å². The second-order valence-corrected chi connectivity index (χ2v) is 8.38. The number of aryl methyl sites for hydroxylation is 1. The lowest BCUT2D eigenvalue weighted by Crippen LogP contribution is -2.21. The van der Waals surface area contributed by atoms with Crippen LogP contribution < -0.4 is 10.1 Å². The molecule has 3 aromatic rings. The molecule has 2 aromatic heterocycles. The Morgan fingerprint density at radius 2 is 1.91 bits per heavy atom. The highest BCUT2D eigenvalue weighted by atomic mass is 32.1. The average Bonchev–Trinajstić information content (AvgIpc) is 2.97. The number of benzene rings is 1. The summed E-state index contributed by atoms with van der Waals surface area (Å²) in [5.74, 6) is -0.598. The van der Waals surface area contributed by atoms with E-state index in [-0.39, 0.29) is 11.4 Å². The summed E-state index contributed by atoms with van der Waals surface area (Å²) in [6.45, 7) is -0.480. The zero-order chi connectivity index (χ0) is 22.3. The number of aromatic nitrogens is 1. The van der Waals surface area contributed by atoms with E-state index in [9.17, 15) is 14.9 Å². The van der Waals surface area contributed by atoms with Gasteiger partial charge in [-0.1, -0.05) is 24.6 Å². The largest absolute Gasteiger partial charge is 0.452 e. The van der Waals surface area contributed by atoms with Crippen LogP contribution in [-0.2, 0) is 22.4 Å². The summed E-state index contributed by atoms with van der Waals surface area (Å²) in [5.41, 5.74) is 1.68. The summed E-state index contributed by atoms with van der Waals surface area (Å²) in [7, 11) is 0. The fourth-order valence-electron chi connectivity index (χ4n) is 3.55. The lowest BCUT2D eigenvalue weighted by atomic mass is 10.1. The van der Waals surface area contributed by atoms with Gasteiger partial charge in [0.2, 0.25) is 5.88 Å². The topological polar surface area (TPSA) is 101 Å². The Bertz CT molecular complexity index is 1170. The van der Waals surface area contributed by atoms with E-state index >= 15 is 0 Å². The van der Waals surface area contributed by atoms with Crippen LogP contribution in [0.5, 0.6) is 11.6 Å². The SMILES string of the molecule is N#Cc1c(NC(=O)COC(=O)c2cccnc2Oc2ccccc2)sc2c1CCCCC2. The molecule has 0 fully saturated rings. The number of carbonyl (C=O) groups is 2. The fourth-order valence-corrected chi connectivity index (χ4v) is 4.80. The Balaban J connectivity index is 1.40. The number of ether oxygens (including phenoxy) is 2. The van der Waals surface area contributed by atoms with Crippen molar-refractivity contribution >= 4 is 28.2 Å². The molecule has 0 radical (unpaired) electrons. The van der Waals surface area contributed by atoms with Crippen LogP contribution in [0.15, 0.2) is 48.7 Å². The van der Waals surface area contributed by atoms with E-state index in [1.54, 1.807) is 30.3 Å². The molecule has 0 saturated carbocycles. The highest BCUT2D eigenvalue weighted by Crippen LogP contribution is 2.37. The summed E-state index contributed by atoms with van der Waals surface area (Å²) >= 11 is 1.44. The highest BCUT2D eigenvalue weighted by molar-refractivity contribution is 7.16. The van der Waals surface area contributed by atoms with Gasteiger partial charge in [0.1, 0.15) is 22.4 Å². The maximum absolute atomic E-state index is 12.6. The third kappa shape index (κ3) is 4.95. The number of hydrogen-bond acceptors (Lipinski definition) is 7. The Morgan fingerprint density at radius 3 is 2.72 bits per heavy atom. The molecule has 1 N–H and O–H groups in total. The molecule has 162 valence electrons. The number of amides is 1. The molecule has 0 spiro atoms. The number of hydrogen-bond donors (Lipinski definition) is 1. The van der Waals surface area contributed by atoms with Gasteiger partial charge in [0.05, 0.1) is 5.56 Å². The van der Waals surface area contributed by atoms with Gasteiger partial charge in [-0.15, -0.1) is 11.3 Å². The molecule has 2 heterocycles. The zero-order valence-corrected chi connectivity index (χ0v) is 18.1. The maximum Gasteiger partial charge on any atom is 0.344 e. The molecular formula is C24H21N3O4S. The lowest BCUT2D eigenvalue weighted by Gasteiger charge is -2.10. The normalized spacial score (nSPS) is 12.7. The average molecular weight is 448 g/mol. The number of pyridine rings is 1. The minimum Gasteiger partial charge on any atom is -0.452 e. The van der Waals surface area contributed by atoms with E-state index < -0.39 is 18.5 Å². The number of anilines is 1. The molecule has 0 saturated heterocycles. The predicted octanol–water partition coefficient (Wildman–Crippen LogP) is 4.87. The van der Waals surface area contributed by atoms with Gasteiger partial charge in [-0.25, -0.2) is 9.78 Å². The number of nitrogens with zero attached hydrogens (tertiary/aromatic N) is 2. The first kappa shape index (κ1) is 21.5. The summed E-state index contributed by atoms with van der Waals surface area (Å²) in [4.78, 5) is 30.3. The van der Waals surface area contributed by atoms with Gasteiger partial charge >= 0.3 is 5.97 Å². The van der Waals surface area contributed by atoms with Crippen LogP contribution in [0.1, 0.15) is 45.6 Å². The van der Waals surface area contributed by atoms with E-state index in [1.165, 1.54) is 23.6 Å².